The van der Waals surface area contributed by atoms with Gasteiger partial charge < -0.3 is 25.4 Å². The summed E-state index contributed by atoms with van der Waals surface area (Å²) < 4.78 is 5.85. The summed E-state index contributed by atoms with van der Waals surface area (Å²) in [5.74, 6) is 0.926. The standard InChI is InChI=1S/C24H27N5O4/c30-14-20-23(32)28-24-26-19-9-8-17(12-16(19)13-29(20)24)33-11-3-6-22(31)27-21-10-7-15-4-1-2-5-18(15)25-21/h1-2,4-5,8-9,12,20-21,25,30H,3,6-7,10-11,13-14H2,(H,27,31)(H,26,28,32). The molecule has 5 rings (SSSR count). The van der Waals surface area contributed by atoms with Crippen molar-refractivity contribution in [3.05, 3.63) is 53.6 Å². The van der Waals surface area contributed by atoms with Gasteiger partial charge in [0.2, 0.25) is 11.9 Å². The van der Waals surface area contributed by atoms with Crippen molar-refractivity contribution in [3.63, 3.8) is 0 Å². The predicted molar refractivity (Wildman–Crippen MR) is 123 cm³/mol. The Kier molecular flexibility index (Phi) is 5.87. The molecule has 2 aromatic carbocycles. The molecule has 2 unspecified atom stereocenters. The number of carbonyl (C=O) groups excluding carboxylic acids is 2. The number of fused-ring (bicyclic) bond motifs is 3. The molecule has 1 saturated heterocycles. The number of guanidine groups is 1. The van der Waals surface area contributed by atoms with Gasteiger partial charge in [-0.3, -0.25) is 14.9 Å². The molecule has 2 aromatic rings. The zero-order chi connectivity index (χ0) is 22.8. The van der Waals surface area contributed by atoms with Crippen LogP contribution in [0.25, 0.3) is 0 Å². The average Bonchev–Trinajstić information content (AvgIpc) is 3.13. The molecule has 0 saturated carbocycles. The number of hydrogen-bond donors (Lipinski definition) is 4. The van der Waals surface area contributed by atoms with Crippen molar-refractivity contribution < 1.29 is 19.4 Å². The van der Waals surface area contributed by atoms with Gasteiger partial charge in [-0.15, -0.1) is 0 Å². The molecule has 0 aliphatic carbocycles. The van der Waals surface area contributed by atoms with Gasteiger partial charge in [0.25, 0.3) is 5.91 Å². The Morgan fingerprint density at radius 1 is 1.24 bits per heavy atom. The first-order chi connectivity index (χ1) is 16.1. The first-order valence-electron chi connectivity index (χ1n) is 11.3. The molecule has 2 atom stereocenters. The summed E-state index contributed by atoms with van der Waals surface area (Å²) >= 11 is 0. The van der Waals surface area contributed by atoms with Crippen LogP contribution in [-0.2, 0) is 22.6 Å². The van der Waals surface area contributed by atoms with Gasteiger partial charge in [-0.05, 0) is 49.1 Å². The molecule has 3 aliphatic heterocycles. The van der Waals surface area contributed by atoms with Crippen LogP contribution < -0.4 is 20.7 Å². The molecule has 0 bridgehead atoms. The Balaban J connectivity index is 1.09. The third-order valence-electron chi connectivity index (χ3n) is 6.18. The predicted octanol–water partition coefficient (Wildman–Crippen LogP) is 1.64. The van der Waals surface area contributed by atoms with Crippen molar-refractivity contribution in [3.8, 4) is 5.75 Å². The number of hydrogen-bond acceptors (Lipinski definition) is 7. The smallest absolute Gasteiger partial charge is 0.251 e. The van der Waals surface area contributed by atoms with E-state index in [1.165, 1.54) is 5.56 Å². The Morgan fingerprint density at radius 3 is 3.00 bits per heavy atom. The Hall–Kier alpha value is -3.59. The summed E-state index contributed by atoms with van der Waals surface area (Å²) in [4.78, 5) is 30.5. The number of anilines is 1. The number of aliphatic hydroxyl groups is 1. The SMILES string of the molecule is O=C(CCCOc1ccc2c(c1)CN1C(=N2)NC(=O)C1CO)NC1CCc2ccccc2N1. The number of aryl methyl sites for hydroxylation is 1. The number of aliphatic imine (C=N–C) groups is 1. The molecule has 1 fully saturated rings. The lowest BCUT2D eigenvalue weighted by molar-refractivity contribution is -0.123. The number of benzene rings is 2. The third kappa shape index (κ3) is 4.49. The number of nitrogens with one attached hydrogen (secondary N) is 3. The maximum absolute atomic E-state index is 12.3. The minimum absolute atomic E-state index is 0.00374. The van der Waals surface area contributed by atoms with E-state index in [9.17, 15) is 14.7 Å². The first kappa shape index (κ1) is 21.3. The minimum Gasteiger partial charge on any atom is -0.494 e. The van der Waals surface area contributed by atoms with Gasteiger partial charge >= 0.3 is 0 Å². The molecule has 9 heteroatoms. The second-order valence-corrected chi connectivity index (χ2v) is 8.45. The lowest BCUT2D eigenvalue weighted by Gasteiger charge is -2.27. The molecule has 0 aromatic heterocycles. The highest BCUT2D eigenvalue weighted by atomic mass is 16.5. The Bertz CT molecular complexity index is 1100. The molecule has 33 heavy (non-hydrogen) atoms. The van der Waals surface area contributed by atoms with E-state index >= 15 is 0 Å². The highest BCUT2D eigenvalue weighted by Crippen LogP contribution is 2.32. The van der Waals surface area contributed by atoms with Crippen molar-refractivity contribution in [1.29, 1.82) is 0 Å². The fourth-order valence-corrected chi connectivity index (χ4v) is 4.43. The topological polar surface area (TPSA) is 115 Å². The monoisotopic (exact) mass is 449 g/mol. The lowest BCUT2D eigenvalue weighted by atomic mass is 10.0. The van der Waals surface area contributed by atoms with E-state index in [1.807, 2.05) is 36.4 Å². The van der Waals surface area contributed by atoms with Crippen LogP contribution >= 0.6 is 0 Å². The number of aliphatic hydroxyl groups excluding tert-OH is 1. The molecular formula is C24H27N5O4. The summed E-state index contributed by atoms with van der Waals surface area (Å²) in [6, 6.07) is 13.1. The number of carbonyl (C=O) groups is 2. The number of rotatable bonds is 7. The largest absolute Gasteiger partial charge is 0.494 e. The molecule has 172 valence electrons. The molecule has 2 amide bonds. The molecule has 4 N–H and O–H groups in total. The van der Waals surface area contributed by atoms with E-state index in [2.05, 4.69) is 27.0 Å². The van der Waals surface area contributed by atoms with Crippen molar-refractivity contribution in [2.45, 2.75) is 44.4 Å². The summed E-state index contributed by atoms with van der Waals surface area (Å²) in [6.45, 7) is 0.626. The zero-order valence-corrected chi connectivity index (χ0v) is 18.2. The van der Waals surface area contributed by atoms with Crippen LogP contribution in [0.4, 0.5) is 11.4 Å². The second kappa shape index (κ2) is 9.11. The molecule has 3 aliphatic rings. The maximum atomic E-state index is 12.3. The maximum Gasteiger partial charge on any atom is 0.251 e. The van der Waals surface area contributed by atoms with Crippen LogP contribution in [0.2, 0.25) is 0 Å². The highest BCUT2D eigenvalue weighted by Gasteiger charge is 2.38. The summed E-state index contributed by atoms with van der Waals surface area (Å²) in [6.07, 6.45) is 2.76. The van der Waals surface area contributed by atoms with Crippen LogP contribution in [0, 0.1) is 0 Å². The van der Waals surface area contributed by atoms with E-state index in [0.29, 0.717) is 37.7 Å². The summed E-state index contributed by atoms with van der Waals surface area (Å²) in [7, 11) is 0. The number of para-hydroxylation sites is 1. The van der Waals surface area contributed by atoms with Gasteiger partial charge in [0.15, 0.2) is 0 Å². The third-order valence-corrected chi connectivity index (χ3v) is 6.18. The summed E-state index contributed by atoms with van der Waals surface area (Å²) in [5, 5.41) is 18.6. The van der Waals surface area contributed by atoms with Gasteiger partial charge in [-0.2, -0.15) is 0 Å². The van der Waals surface area contributed by atoms with E-state index in [1.54, 1.807) is 4.90 Å². The van der Waals surface area contributed by atoms with E-state index in [0.717, 1.165) is 29.8 Å². The molecule has 0 radical (unpaired) electrons. The van der Waals surface area contributed by atoms with E-state index in [4.69, 9.17) is 4.74 Å². The number of nitrogens with zero attached hydrogens (tertiary/aromatic N) is 2. The van der Waals surface area contributed by atoms with Crippen LogP contribution in [0.3, 0.4) is 0 Å². The van der Waals surface area contributed by atoms with Crippen LogP contribution in [0.5, 0.6) is 5.75 Å². The van der Waals surface area contributed by atoms with E-state index in [-0.39, 0.29) is 24.6 Å². The van der Waals surface area contributed by atoms with Gasteiger partial charge in [0.1, 0.15) is 11.8 Å². The number of ether oxygens (including phenoxy) is 1. The Labute approximate surface area is 191 Å². The van der Waals surface area contributed by atoms with Crippen molar-refractivity contribution in [2.75, 3.05) is 18.5 Å². The zero-order valence-electron chi connectivity index (χ0n) is 18.2. The van der Waals surface area contributed by atoms with Gasteiger partial charge in [0.05, 0.1) is 25.1 Å². The number of amides is 2. The Morgan fingerprint density at radius 2 is 2.12 bits per heavy atom. The molecule has 0 spiro atoms. The molecule has 3 heterocycles. The van der Waals surface area contributed by atoms with Crippen LogP contribution in [-0.4, -0.2) is 53.2 Å². The van der Waals surface area contributed by atoms with Gasteiger partial charge in [-0.25, -0.2) is 4.99 Å². The van der Waals surface area contributed by atoms with Gasteiger partial charge in [0, 0.05) is 24.2 Å². The molecule has 9 nitrogen and oxygen atoms in total. The lowest BCUT2D eigenvalue weighted by Crippen LogP contribution is -2.42. The highest BCUT2D eigenvalue weighted by molar-refractivity contribution is 6.07. The quantitative estimate of drug-likeness (QED) is 0.478. The van der Waals surface area contributed by atoms with Crippen LogP contribution in [0.15, 0.2) is 47.5 Å². The molecular weight excluding hydrogens is 422 g/mol. The fraction of sp³-hybridized carbons (Fsp3) is 0.375. The van der Waals surface area contributed by atoms with E-state index < -0.39 is 6.04 Å². The van der Waals surface area contributed by atoms with Crippen molar-refractivity contribution in [2.24, 2.45) is 4.99 Å². The summed E-state index contributed by atoms with van der Waals surface area (Å²) in [5.41, 5.74) is 4.06. The van der Waals surface area contributed by atoms with Gasteiger partial charge in [-0.1, -0.05) is 18.2 Å². The van der Waals surface area contributed by atoms with Crippen LogP contribution in [0.1, 0.15) is 30.4 Å². The van der Waals surface area contributed by atoms with Crippen molar-refractivity contribution in [1.82, 2.24) is 15.5 Å². The van der Waals surface area contributed by atoms with Crippen molar-refractivity contribution >= 4 is 29.1 Å². The normalized spacial score (nSPS) is 20.6. The fourth-order valence-electron chi connectivity index (χ4n) is 4.43. The first-order valence-corrected chi connectivity index (χ1v) is 11.3. The average molecular weight is 450 g/mol. The minimum atomic E-state index is -0.618. The second-order valence-electron chi connectivity index (χ2n) is 8.45.